The Hall–Kier alpha value is -1.79. The van der Waals surface area contributed by atoms with Crippen LogP contribution in [0, 0.1) is 0 Å². The largest absolute Gasteiger partial charge is 0.375 e. The van der Waals surface area contributed by atoms with E-state index < -0.39 is 0 Å². The lowest BCUT2D eigenvalue weighted by Crippen LogP contribution is -2.42. The van der Waals surface area contributed by atoms with Crippen molar-refractivity contribution in [2.45, 2.75) is 13.0 Å². The van der Waals surface area contributed by atoms with Crippen molar-refractivity contribution in [1.82, 2.24) is 15.5 Å². The van der Waals surface area contributed by atoms with Crippen molar-refractivity contribution in [3.05, 3.63) is 34.9 Å². The van der Waals surface area contributed by atoms with Crippen LogP contribution in [0.1, 0.15) is 12.0 Å². The Balaban J connectivity index is 1.60. The van der Waals surface area contributed by atoms with Crippen LogP contribution in [0.3, 0.4) is 0 Å². The summed E-state index contributed by atoms with van der Waals surface area (Å²) in [6.45, 7) is 2.82. The van der Waals surface area contributed by atoms with E-state index in [-0.39, 0.29) is 11.9 Å². The lowest BCUT2D eigenvalue weighted by Gasteiger charge is -2.20. The van der Waals surface area contributed by atoms with Crippen molar-refractivity contribution in [3.63, 3.8) is 0 Å². The second-order valence-corrected chi connectivity index (χ2v) is 5.43. The van der Waals surface area contributed by atoms with Gasteiger partial charge in [0, 0.05) is 37.6 Å². The van der Waals surface area contributed by atoms with Gasteiger partial charge in [-0.15, -0.1) is 0 Å². The van der Waals surface area contributed by atoms with Crippen LogP contribution in [0.5, 0.6) is 0 Å². The third kappa shape index (κ3) is 5.54. The molecular weight excluding hydrogens is 306 g/mol. The normalized spacial score (nSPS) is 15.1. The van der Waals surface area contributed by atoms with Gasteiger partial charge < -0.3 is 20.3 Å². The fourth-order valence-corrected chi connectivity index (χ4v) is 2.21. The number of rotatable bonds is 5. The third-order valence-electron chi connectivity index (χ3n) is 3.30. The van der Waals surface area contributed by atoms with Crippen molar-refractivity contribution in [2.24, 2.45) is 0 Å². The Kier molecular flexibility index (Phi) is 6.48. The molecule has 1 aliphatic heterocycles. The van der Waals surface area contributed by atoms with Crippen LogP contribution in [0.4, 0.5) is 4.79 Å². The molecule has 0 unspecified atom stereocenters. The topological polar surface area (TPSA) is 70.7 Å². The average molecular weight is 326 g/mol. The summed E-state index contributed by atoms with van der Waals surface area (Å²) in [7, 11) is 0. The van der Waals surface area contributed by atoms with Gasteiger partial charge in [-0.05, 0) is 17.7 Å². The van der Waals surface area contributed by atoms with Gasteiger partial charge in [0.2, 0.25) is 5.91 Å². The van der Waals surface area contributed by atoms with Crippen molar-refractivity contribution < 1.29 is 14.3 Å². The van der Waals surface area contributed by atoms with Crippen molar-refractivity contribution in [2.75, 3.05) is 32.8 Å². The maximum absolute atomic E-state index is 11.9. The number of ether oxygens (including phenoxy) is 1. The van der Waals surface area contributed by atoms with E-state index >= 15 is 0 Å². The van der Waals surface area contributed by atoms with Crippen LogP contribution >= 0.6 is 11.6 Å². The summed E-state index contributed by atoms with van der Waals surface area (Å²) >= 11 is 5.81. The highest BCUT2D eigenvalue weighted by Gasteiger charge is 2.17. The van der Waals surface area contributed by atoms with Crippen LogP contribution in [-0.4, -0.2) is 49.6 Å². The Morgan fingerprint density at radius 3 is 2.86 bits per heavy atom. The first kappa shape index (κ1) is 16.6. The lowest BCUT2D eigenvalue weighted by molar-refractivity contribution is -0.120. The summed E-state index contributed by atoms with van der Waals surface area (Å²) in [6, 6.07) is 7.28. The molecule has 0 radical (unpaired) electrons. The Labute approximate surface area is 134 Å². The first-order valence-electron chi connectivity index (χ1n) is 7.27. The molecule has 0 spiro atoms. The molecule has 0 aromatic heterocycles. The van der Waals surface area contributed by atoms with E-state index in [2.05, 4.69) is 10.6 Å². The molecule has 1 aromatic carbocycles. The Morgan fingerprint density at radius 1 is 1.32 bits per heavy atom. The maximum Gasteiger partial charge on any atom is 0.317 e. The van der Waals surface area contributed by atoms with Crippen LogP contribution in [0.2, 0.25) is 5.02 Å². The van der Waals surface area contributed by atoms with Gasteiger partial charge in [-0.2, -0.15) is 0 Å². The van der Waals surface area contributed by atoms with E-state index in [9.17, 15) is 9.59 Å². The van der Waals surface area contributed by atoms with Gasteiger partial charge in [0.05, 0.1) is 13.2 Å². The van der Waals surface area contributed by atoms with Crippen LogP contribution in [0.25, 0.3) is 0 Å². The van der Waals surface area contributed by atoms with E-state index in [1.807, 2.05) is 24.3 Å². The highest BCUT2D eigenvalue weighted by Crippen LogP contribution is 2.10. The van der Waals surface area contributed by atoms with Crippen molar-refractivity contribution in [1.29, 1.82) is 0 Å². The minimum atomic E-state index is -0.161. The van der Waals surface area contributed by atoms with Gasteiger partial charge in [-0.1, -0.05) is 23.7 Å². The van der Waals surface area contributed by atoms with E-state index in [0.717, 1.165) is 5.56 Å². The predicted molar refractivity (Wildman–Crippen MR) is 83.7 cm³/mol. The van der Waals surface area contributed by atoms with Gasteiger partial charge in [0.1, 0.15) is 0 Å². The zero-order valence-electron chi connectivity index (χ0n) is 12.3. The number of benzene rings is 1. The zero-order chi connectivity index (χ0) is 15.8. The van der Waals surface area contributed by atoms with Crippen molar-refractivity contribution in [3.8, 4) is 0 Å². The predicted octanol–water partition coefficient (Wildman–Crippen LogP) is 1.39. The first-order chi connectivity index (χ1) is 10.6. The van der Waals surface area contributed by atoms with Gasteiger partial charge >= 0.3 is 6.03 Å². The molecule has 1 fully saturated rings. The summed E-state index contributed by atoms with van der Waals surface area (Å²) < 4.78 is 5.50. The number of nitrogens with zero attached hydrogens (tertiary/aromatic N) is 1. The molecule has 1 aromatic rings. The monoisotopic (exact) mass is 325 g/mol. The molecule has 120 valence electrons. The van der Waals surface area contributed by atoms with Gasteiger partial charge in [-0.3, -0.25) is 4.79 Å². The standard InChI is InChI=1S/C15H20ClN3O3/c16-13-3-1-12(2-4-13)11-22-10-7-18-15(21)19-8-5-14(20)17-6-9-19/h1-4H,5-11H2,(H,17,20)(H,18,21). The summed E-state index contributed by atoms with van der Waals surface area (Å²) in [5.74, 6) is -0.0124. The molecular formula is C15H20ClN3O3. The van der Waals surface area contributed by atoms with E-state index in [4.69, 9.17) is 16.3 Å². The smallest absolute Gasteiger partial charge is 0.317 e. The molecule has 2 rings (SSSR count). The zero-order valence-corrected chi connectivity index (χ0v) is 13.1. The molecule has 22 heavy (non-hydrogen) atoms. The van der Waals surface area contributed by atoms with Crippen molar-refractivity contribution >= 4 is 23.5 Å². The Morgan fingerprint density at radius 2 is 2.09 bits per heavy atom. The number of hydrogen-bond donors (Lipinski definition) is 2. The number of nitrogens with one attached hydrogen (secondary N) is 2. The molecule has 7 heteroatoms. The number of carbonyl (C=O) groups is 2. The highest BCUT2D eigenvalue weighted by atomic mass is 35.5. The second-order valence-electron chi connectivity index (χ2n) is 5.00. The molecule has 1 aliphatic rings. The van der Waals surface area contributed by atoms with E-state index in [0.29, 0.717) is 50.8 Å². The van der Waals surface area contributed by atoms with Crippen LogP contribution in [-0.2, 0) is 16.1 Å². The molecule has 0 saturated carbocycles. The van der Waals surface area contributed by atoms with Gasteiger partial charge in [-0.25, -0.2) is 4.79 Å². The SMILES string of the molecule is O=C1CCN(C(=O)NCCOCc2ccc(Cl)cc2)CCN1. The number of carbonyl (C=O) groups excluding carboxylic acids is 2. The molecule has 6 nitrogen and oxygen atoms in total. The minimum Gasteiger partial charge on any atom is -0.375 e. The van der Waals surface area contributed by atoms with Crippen LogP contribution in [0.15, 0.2) is 24.3 Å². The molecule has 1 heterocycles. The molecule has 1 saturated heterocycles. The first-order valence-corrected chi connectivity index (χ1v) is 7.64. The fraction of sp³-hybridized carbons (Fsp3) is 0.467. The lowest BCUT2D eigenvalue weighted by atomic mass is 10.2. The molecule has 0 bridgehead atoms. The number of hydrogen-bond acceptors (Lipinski definition) is 3. The number of amides is 3. The Bertz CT molecular complexity index is 507. The quantitative estimate of drug-likeness (QED) is 0.804. The third-order valence-corrected chi connectivity index (χ3v) is 3.56. The minimum absolute atomic E-state index is 0.0124. The molecule has 0 atom stereocenters. The molecule has 3 amide bonds. The number of urea groups is 1. The summed E-state index contributed by atoms with van der Waals surface area (Å²) in [5, 5.41) is 6.22. The van der Waals surface area contributed by atoms with E-state index in [1.54, 1.807) is 4.90 Å². The molecule has 2 N–H and O–H groups in total. The van der Waals surface area contributed by atoms with E-state index in [1.165, 1.54) is 0 Å². The maximum atomic E-state index is 11.9. The number of halogens is 1. The average Bonchev–Trinajstić information content (AvgIpc) is 2.73. The second kappa shape index (κ2) is 8.60. The van der Waals surface area contributed by atoms with Gasteiger partial charge in [0.25, 0.3) is 0 Å². The van der Waals surface area contributed by atoms with Gasteiger partial charge in [0.15, 0.2) is 0 Å². The summed E-state index contributed by atoms with van der Waals surface area (Å²) in [6.07, 6.45) is 0.348. The summed E-state index contributed by atoms with van der Waals surface area (Å²) in [5.41, 5.74) is 1.04. The van der Waals surface area contributed by atoms with Crippen LogP contribution < -0.4 is 10.6 Å². The fourth-order valence-electron chi connectivity index (χ4n) is 2.08. The summed E-state index contributed by atoms with van der Waals surface area (Å²) in [4.78, 5) is 24.8. The molecule has 0 aliphatic carbocycles. The highest BCUT2D eigenvalue weighted by molar-refractivity contribution is 6.30.